The largest absolute Gasteiger partial charge is 0.338 e. The van der Waals surface area contributed by atoms with Crippen LogP contribution in [0.2, 0.25) is 0 Å². The van der Waals surface area contributed by atoms with Gasteiger partial charge in [-0.2, -0.15) is 0 Å². The van der Waals surface area contributed by atoms with Gasteiger partial charge in [0.25, 0.3) is 5.91 Å². The molecule has 1 unspecified atom stereocenters. The SMILES string of the molecule is Cc1cc(C(=O)N2CCCC(CNC(C)C)C2)sc1Br. The molecule has 0 radical (unpaired) electrons. The van der Waals surface area contributed by atoms with Gasteiger partial charge in [0.1, 0.15) is 0 Å². The van der Waals surface area contributed by atoms with E-state index in [0.29, 0.717) is 12.0 Å². The Labute approximate surface area is 133 Å². The van der Waals surface area contributed by atoms with Crippen LogP contribution in [-0.4, -0.2) is 36.5 Å². The minimum absolute atomic E-state index is 0.193. The van der Waals surface area contributed by atoms with Gasteiger partial charge in [0.2, 0.25) is 0 Å². The summed E-state index contributed by atoms with van der Waals surface area (Å²) in [5, 5.41) is 3.48. The first-order valence-corrected chi connectivity index (χ1v) is 8.87. The molecule has 1 saturated heterocycles. The summed E-state index contributed by atoms with van der Waals surface area (Å²) in [4.78, 5) is 15.4. The van der Waals surface area contributed by atoms with Crippen LogP contribution in [0.5, 0.6) is 0 Å². The number of nitrogens with zero attached hydrogens (tertiary/aromatic N) is 1. The average molecular weight is 359 g/mol. The zero-order valence-electron chi connectivity index (χ0n) is 12.4. The van der Waals surface area contributed by atoms with Crippen LogP contribution < -0.4 is 5.32 Å². The Morgan fingerprint density at radius 3 is 2.95 bits per heavy atom. The Balaban J connectivity index is 1.96. The third-order valence-electron chi connectivity index (χ3n) is 3.69. The van der Waals surface area contributed by atoms with E-state index in [0.717, 1.165) is 40.3 Å². The van der Waals surface area contributed by atoms with Gasteiger partial charge in [-0.15, -0.1) is 11.3 Å². The molecule has 1 atom stereocenters. The van der Waals surface area contributed by atoms with Crippen molar-refractivity contribution in [3.05, 3.63) is 20.3 Å². The summed E-state index contributed by atoms with van der Waals surface area (Å²) in [6.07, 6.45) is 2.33. The number of carbonyl (C=O) groups is 1. The Morgan fingerprint density at radius 2 is 2.35 bits per heavy atom. The fourth-order valence-electron chi connectivity index (χ4n) is 2.54. The van der Waals surface area contributed by atoms with Crippen molar-refractivity contribution in [3.63, 3.8) is 0 Å². The first-order chi connectivity index (χ1) is 9.47. The maximum Gasteiger partial charge on any atom is 0.263 e. The molecule has 0 aliphatic carbocycles. The van der Waals surface area contributed by atoms with E-state index in [1.165, 1.54) is 6.42 Å². The van der Waals surface area contributed by atoms with E-state index in [4.69, 9.17) is 0 Å². The molecule has 0 aromatic carbocycles. The van der Waals surface area contributed by atoms with Crippen molar-refractivity contribution in [3.8, 4) is 0 Å². The summed E-state index contributed by atoms with van der Waals surface area (Å²) >= 11 is 5.04. The highest BCUT2D eigenvalue weighted by atomic mass is 79.9. The topological polar surface area (TPSA) is 32.3 Å². The second-order valence-corrected chi connectivity index (χ2v) is 8.26. The van der Waals surface area contributed by atoms with Crippen LogP contribution in [0.1, 0.15) is 41.9 Å². The summed E-state index contributed by atoms with van der Waals surface area (Å²) in [6.45, 7) is 9.14. The highest BCUT2D eigenvalue weighted by molar-refractivity contribution is 9.11. The molecule has 0 saturated carbocycles. The molecule has 1 aliphatic rings. The smallest absolute Gasteiger partial charge is 0.263 e. The first-order valence-electron chi connectivity index (χ1n) is 7.26. The van der Waals surface area contributed by atoms with Crippen LogP contribution in [0.25, 0.3) is 0 Å². The molecular weight excluding hydrogens is 336 g/mol. The second kappa shape index (κ2) is 7.05. The summed E-state index contributed by atoms with van der Waals surface area (Å²) in [7, 11) is 0. The van der Waals surface area contributed by atoms with Gasteiger partial charge in [0, 0.05) is 19.1 Å². The van der Waals surface area contributed by atoms with Crippen molar-refractivity contribution in [1.82, 2.24) is 10.2 Å². The highest BCUT2D eigenvalue weighted by Crippen LogP contribution is 2.29. The average Bonchev–Trinajstić information content (AvgIpc) is 2.76. The van der Waals surface area contributed by atoms with Crippen molar-refractivity contribution in [2.75, 3.05) is 19.6 Å². The lowest BCUT2D eigenvalue weighted by Gasteiger charge is -2.33. The van der Waals surface area contributed by atoms with E-state index < -0.39 is 0 Å². The second-order valence-electron chi connectivity index (χ2n) is 5.89. The number of rotatable bonds is 4. The van der Waals surface area contributed by atoms with E-state index in [1.54, 1.807) is 11.3 Å². The Kier molecular flexibility index (Phi) is 5.64. The quantitative estimate of drug-likeness (QED) is 0.890. The fourth-order valence-corrected chi connectivity index (χ4v) is 4.04. The molecule has 1 fully saturated rings. The van der Waals surface area contributed by atoms with Crippen LogP contribution in [0.15, 0.2) is 9.85 Å². The van der Waals surface area contributed by atoms with Crippen molar-refractivity contribution in [2.45, 2.75) is 39.7 Å². The molecule has 1 aromatic rings. The van der Waals surface area contributed by atoms with Crippen molar-refractivity contribution < 1.29 is 4.79 Å². The number of nitrogens with one attached hydrogen (secondary N) is 1. The molecule has 0 bridgehead atoms. The minimum Gasteiger partial charge on any atom is -0.338 e. The van der Waals surface area contributed by atoms with Gasteiger partial charge >= 0.3 is 0 Å². The molecule has 0 spiro atoms. The van der Waals surface area contributed by atoms with E-state index in [2.05, 4.69) is 35.1 Å². The lowest BCUT2D eigenvalue weighted by Crippen LogP contribution is -2.43. The number of hydrogen-bond acceptors (Lipinski definition) is 3. The maximum atomic E-state index is 12.5. The normalized spacial score (nSPS) is 19.6. The van der Waals surface area contributed by atoms with E-state index in [1.807, 2.05) is 17.9 Å². The summed E-state index contributed by atoms with van der Waals surface area (Å²) in [6, 6.07) is 2.50. The van der Waals surface area contributed by atoms with Gasteiger partial charge in [0.05, 0.1) is 8.66 Å². The van der Waals surface area contributed by atoms with E-state index in [-0.39, 0.29) is 5.91 Å². The van der Waals surface area contributed by atoms with Gasteiger partial charge in [-0.05, 0) is 59.8 Å². The molecule has 1 amide bonds. The van der Waals surface area contributed by atoms with E-state index >= 15 is 0 Å². The molecule has 2 rings (SSSR count). The summed E-state index contributed by atoms with van der Waals surface area (Å²) < 4.78 is 1.07. The van der Waals surface area contributed by atoms with Gasteiger partial charge in [0.15, 0.2) is 0 Å². The number of carbonyl (C=O) groups excluding carboxylic acids is 1. The van der Waals surface area contributed by atoms with Gasteiger partial charge in [-0.25, -0.2) is 0 Å². The van der Waals surface area contributed by atoms with Gasteiger partial charge in [-0.3, -0.25) is 4.79 Å². The number of likely N-dealkylation sites (tertiary alicyclic amines) is 1. The number of thiophene rings is 1. The fraction of sp³-hybridized carbons (Fsp3) is 0.667. The third kappa shape index (κ3) is 4.06. The van der Waals surface area contributed by atoms with Crippen LogP contribution in [0, 0.1) is 12.8 Å². The monoisotopic (exact) mass is 358 g/mol. The first kappa shape index (κ1) is 16.0. The molecule has 112 valence electrons. The van der Waals surface area contributed by atoms with Crippen molar-refractivity contribution in [2.24, 2.45) is 5.92 Å². The lowest BCUT2D eigenvalue weighted by molar-refractivity contribution is 0.0677. The summed E-state index contributed by atoms with van der Waals surface area (Å²) in [5.41, 5.74) is 1.15. The van der Waals surface area contributed by atoms with Crippen molar-refractivity contribution in [1.29, 1.82) is 0 Å². The molecule has 1 N–H and O–H groups in total. The molecule has 2 heterocycles. The lowest BCUT2D eigenvalue weighted by atomic mass is 9.97. The van der Waals surface area contributed by atoms with Crippen LogP contribution >= 0.6 is 27.3 Å². The Bertz CT molecular complexity index is 453. The molecular formula is C15H23BrN2OS. The predicted octanol–water partition coefficient (Wildman–Crippen LogP) is 3.67. The highest BCUT2D eigenvalue weighted by Gasteiger charge is 2.25. The molecule has 1 aromatic heterocycles. The summed E-state index contributed by atoms with van der Waals surface area (Å²) in [5.74, 6) is 0.776. The predicted molar refractivity (Wildman–Crippen MR) is 88.5 cm³/mol. The molecule has 20 heavy (non-hydrogen) atoms. The molecule has 3 nitrogen and oxygen atoms in total. The van der Waals surface area contributed by atoms with Crippen LogP contribution in [0.4, 0.5) is 0 Å². The van der Waals surface area contributed by atoms with E-state index in [9.17, 15) is 4.79 Å². The standard InChI is InChI=1S/C15H23BrN2OS/c1-10(2)17-8-12-5-4-6-18(9-12)15(19)13-7-11(3)14(16)20-13/h7,10,12,17H,4-6,8-9H2,1-3H3. The zero-order valence-corrected chi connectivity index (χ0v) is 14.8. The molecule has 1 aliphatic heterocycles. The molecule has 5 heteroatoms. The van der Waals surface area contributed by atoms with Gasteiger partial charge in [-0.1, -0.05) is 13.8 Å². The third-order valence-corrected chi connectivity index (χ3v) is 5.81. The van der Waals surface area contributed by atoms with Crippen LogP contribution in [-0.2, 0) is 0 Å². The number of hydrogen-bond donors (Lipinski definition) is 1. The number of amides is 1. The maximum absolute atomic E-state index is 12.5. The number of halogens is 1. The zero-order chi connectivity index (χ0) is 14.7. The Morgan fingerprint density at radius 1 is 1.60 bits per heavy atom. The minimum atomic E-state index is 0.193. The van der Waals surface area contributed by atoms with Gasteiger partial charge < -0.3 is 10.2 Å². The number of aryl methyl sites for hydroxylation is 1. The number of piperidine rings is 1. The van der Waals surface area contributed by atoms with Crippen molar-refractivity contribution >= 4 is 33.2 Å². The Hall–Kier alpha value is -0.390. The van der Waals surface area contributed by atoms with Crippen LogP contribution in [0.3, 0.4) is 0 Å².